The van der Waals surface area contributed by atoms with E-state index in [0.717, 1.165) is 25.7 Å². The van der Waals surface area contributed by atoms with Gasteiger partial charge in [-0.3, -0.25) is 4.72 Å². The van der Waals surface area contributed by atoms with Crippen molar-refractivity contribution in [3.05, 3.63) is 54.6 Å². The minimum atomic E-state index is -3.70. The number of benzene rings is 2. The summed E-state index contributed by atoms with van der Waals surface area (Å²) >= 11 is 0. The molecule has 1 unspecified atom stereocenters. The summed E-state index contributed by atoms with van der Waals surface area (Å²) in [6.07, 6.45) is 3.58. The number of nitrogens with one attached hydrogen (secondary N) is 1. The highest BCUT2D eigenvalue weighted by molar-refractivity contribution is 7.92. The third-order valence-corrected chi connectivity index (χ3v) is 8.17. The van der Waals surface area contributed by atoms with E-state index in [1.54, 1.807) is 22.5 Å². The average Bonchev–Trinajstić information content (AvgIpc) is 2.69. The van der Waals surface area contributed by atoms with Crippen LogP contribution < -0.4 is 4.72 Å². The van der Waals surface area contributed by atoms with E-state index in [0.29, 0.717) is 12.2 Å². The van der Waals surface area contributed by atoms with E-state index in [-0.39, 0.29) is 15.8 Å². The van der Waals surface area contributed by atoms with Crippen molar-refractivity contribution < 1.29 is 16.8 Å². The zero-order chi connectivity index (χ0) is 19.5. The van der Waals surface area contributed by atoms with Gasteiger partial charge in [-0.2, -0.15) is 4.31 Å². The van der Waals surface area contributed by atoms with Crippen LogP contribution in [0, 0.1) is 0 Å². The first-order valence-electron chi connectivity index (χ1n) is 9.04. The topological polar surface area (TPSA) is 83.6 Å². The molecule has 1 saturated heterocycles. The summed E-state index contributed by atoms with van der Waals surface area (Å²) in [5.41, 5.74) is 0.323. The Morgan fingerprint density at radius 1 is 0.926 bits per heavy atom. The molecule has 1 aliphatic heterocycles. The van der Waals surface area contributed by atoms with Crippen LogP contribution in [0.3, 0.4) is 0 Å². The van der Waals surface area contributed by atoms with Gasteiger partial charge >= 0.3 is 0 Å². The van der Waals surface area contributed by atoms with Crippen LogP contribution in [0.15, 0.2) is 64.4 Å². The van der Waals surface area contributed by atoms with Crippen molar-refractivity contribution in [1.29, 1.82) is 0 Å². The van der Waals surface area contributed by atoms with Crippen LogP contribution in [0.4, 0.5) is 5.69 Å². The molecular weight excluding hydrogens is 384 g/mol. The Balaban J connectivity index is 1.81. The molecule has 1 aliphatic rings. The number of hydrogen-bond acceptors (Lipinski definition) is 4. The molecule has 0 saturated carbocycles. The summed E-state index contributed by atoms with van der Waals surface area (Å²) in [5, 5.41) is 0. The lowest BCUT2D eigenvalue weighted by atomic mass is 10.0. The van der Waals surface area contributed by atoms with Gasteiger partial charge in [-0.15, -0.1) is 0 Å². The van der Waals surface area contributed by atoms with Crippen molar-refractivity contribution in [1.82, 2.24) is 4.31 Å². The summed E-state index contributed by atoms with van der Waals surface area (Å²) < 4.78 is 54.7. The van der Waals surface area contributed by atoms with Crippen molar-refractivity contribution in [3.63, 3.8) is 0 Å². The van der Waals surface area contributed by atoms with E-state index in [9.17, 15) is 16.8 Å². The summed E-state index contributed by atoms with van der Waals surface area (Å²) in [6.45, 7) is 2.53. The van der Waals surface area contributed by atoms with Crippen LogP contribution >= 0.6 is 0 Å². The molecule has 2 aromatic carbocycles. The highest BCUT2D eigenvalue weighted by Gasteiger charge is 2.32. The van der Waals surface area contributed by atoms with Gasteiger partial charge in [0.15, 0.2) is 0 Å². The molecule has 2 aromatic rings. The summed E-state index contributed by atoms with van der Waals surface area (Å²) in [7, 11) is -7.28. The van der Waals surface area contributed by atoms with Gasteiger partial charge in [0.2, 0.25) is 10.0 Å². The second-order valence-electron chi connectivity index (χ2n) is 6.62. The molecule has 0 aromatic heterocycles. The summed E-state index contributed by atoms with van der Waals surface area (Å²) in [6, 6.07) is 13.9. The van der Waals surface area contributed by atoms with Crippen molar-refractivity contribution in [2.45, 2.75) is 48.4 Å². The number of anilines is 1. The van der Waals surface area contributed by atoms with Crippen molar-refractivity contribution >= 4 is 25.7 Å². The standard InChI is InChI=1S/C19H24N2O4S2/c1-2-17-8-6-7-15-21(17)27(24,25)19-13-11-16(12-14-19)20-26(22,23)18-9-4-3-5-10-18/h3-5,9-14,17,20H,2,6-8,15H2,1H3. The fourth-order valence-corrected chi connectivity index (χ4v) is 6.19. The number of piperidine rings is 1. The number of rotatable bonds is 6. The monoisotopic (exact) mass is 408 g/mol. The van der Waals surface area contributed by atoms with Gasteiger partial charge in [0.05, 0.1) is 9.79 Å². The van der Waals surface area contributed by atoms with Crippen LogP contribution in [0.25, 0.3) is 0 Å². The number of hydrogen-bond donors (Lipinski definition) is 1. The molecule has 8 heteroatoms. The van der Waals surface area contributed by atoms with Gasteiger partial charge in [-0.1, -0.05) is 31.5 Å². The lowest BCUT2D eigenvalue weighted by molar-refractivity contribution is 0.246. The van der Waals surface area contributed by atoms with E-state index in [1.165, 1.54) is 36.4 Å². The maximum Gasteiger partial charge on any atom is 0.261 e. The maximum atomic E-state index is 13.0. The van der Waals surface area contributed by atoms with Gasteiger partial charge in [0.25, 0.3) is 10.0 Å². The fraction of sp³-hybridized carbons (Fsp3) is 0.368. The minimum absolute atomic E-state index is 0.0278. The second kappa shape index (κ2) is 8.00. The van der Waals surface area contributed by atoms with E-state index in [4.69, 9.17) is 0 Å². The quantitative estimate of drug-likeness (QED) is 0.794. The normalized spacial score (nSPS) is 18.9. The number of nitrogens with zero attached hydrogens (tertiary/aromatic N) is 1. The Morgan fingerprint density at radius 3 is 2.22 bits per heavy atom. The molecule has 1 atom stereocenters. The van der Waals surface area contributed by atoms with Gasteiger partial charge < -0.3 is 0 Å². The Hall–Kier alpha value is -1.90. The molecule has 146 valence electrons. The average molecular weight is 409 g/mol. The molecule has 1 N–H and O–H groups in total. The predicted molar refractivity (Wildman–Crippen MR) is 106 cm³/mol. The Morgan fingerprint density at radius 2 is 1.59 bits per heavy atom. The second-order valence-corrected chi connectivity index (χ2v) is 10.2. The maximum absolute atomic E-state index is 13.0. The zero-order valence-corrected chi connectivity index (χ0v) is 16.8. The van der Waals surface area contributed by atoms with E-state index < -0.39 is 20.0 Å². The minimum Gasteiger partial charge on any atom is -0.280 e. The zero-order valence-electron chi connectivity index (χ0n) is 15.2. The predicted octanol–water partition coefficient (Wildman–Crippen LogP) is 3.44. The van der Waals surface area contributed by atoms with Crippen molar-refractivity contribution in [2.24, 2.45) is 0 Å². The van der Waals surface area contributed by atoms with E-state index in [2.05, 4.69) is 4.72 Å². The smallest absolute Gasteiger partial charge is 0.261 e. The fourth-order valence-electron chi connectivity index (χ4n) is 3.34. The van der Waals surface area contributed by atoms with E-state index in [1.807, 2.05) is 6.92 Å². The largest absolute Gasteiger partial charge is 0.280 e. The highest BCUT2D eigenvalue weighted by Crippen LogP contribution is 2.28. The van der Waals surface area contributed by atoms with E-state index >= 15 is 0 Å². The van der Waals surface area contributed by atoms with Crippen LogP contribution in [-0.2, 0) is 20.0 Å². The Labute approximate surface area is 161 Å². The van der Waals surface area contributed by atoms with Crippen LogP contribution in [-0.4, -0.2) is 33.7 Å². The first kappa shape index (κ1) is 19.9. The third kappa shape index (κ3) is 4.34. The molecule has 0 spiro atoms. The van der Waals surface area contributed by atoms with Gasteiger partial charge in [0, 0.05) is 18.3 Å². The summed E-state index contributed by atoms with van der Waals surface area (Å²) in [5.74, 6) is 0. The van der Waals surface area contributed by atoms with Crippen LogP contribution in [0.2, 0.25) is 0 Å². The van der Waals surface area contributed by atoms with Crippen molar-refractivity contribution in [3.8, 4) is 0 Å². The molecule has 0 radical (unpaired) electrons. The Bertz CT molecular complexity index is 972. The third-order valence-electron chi connectivity index (χ3n) is 4.81. The molecule has 6 nitrogen and oxygen atoms in total. The molecule has 3 rings (SSSR count). The van der Waals surface area contributed by atoms with Gasteiger partial charge in [0.1, 0.15) is 0 Å². The van der Waals surface area contributed by atoms with Gasteiger partial charge in [-0.05, 0) is 55.7 Å². The van der Waals surface area contributed by atoms with Crippen LogP contribution in [0.1, 0.15) is 32.6 Å². The SMILES string of the molecule is CCC1CCCCN1S(=O)(=O)c1ccc(NS(=O)(=O)c2ccccc2)cc1. The molecule has 0 amide bonds. The van der Waals surface area contributed by atoms with Crippen LogP contribution in [0.5, 0.6) is 0 Å². The Kier molecular flexibility index (Phi) is 5.88. The molecule has 27 heavy (non-hydrogen) atoms. The number of sulfonamides is 2. The molecule has 0 aliphatic carbocycles. The molecule has 1 heterocycles. The summed E-state index contributed by atoms with van der Waals surface area (Å²) in [4.78, 5) is 0.339. The molecular formula is C19H24N2O4S2. The lowest BCUT2D eigenvalue weighted by Gasteiger charge is -2.34. The molecule has 1 fully saturated rings. The van der Waals surface area contributed by atoms with Gasteiger partial charge in [-0.25, -0.2) is 16.8 Å². The first-order valence-corrected chi connectivity index (χ1v) is 12.0. The lowest BCUT2D eigenvalue weighted by Crippen LogP contribution is -2.43. The molecule has 0 bridgehead atoms. The highest BCUT2D eigenvalue weighted by atomic mass is 32.2. The van der Waals surface area contributed by atoms with Crippen molar-refractivity contribution in [2.75, 3.05) is 11.3 Å². The first-order chi connectivity index (χ1) is 12.8.